The third-order valence-electron chi connectivity index (χ3n) is 3.65. The van der Waals surface area contributed by atoms with Crippen molar-refractivity contribution in [2.24, 2.45) is 4.99 Å². The Bertz CT molecular complexity index is 495. The van der Waals surface area contributed by atoms with Crippen LogP contribution in [-0.2, 0) is 15.9 Å². The molecule has 0 heterocycles. The Hall–Kier alpha value is -1.66. The Kier molecular flexibility index (Phi) is 10.8. The van der Waals surface area contributed by atoms with Gasteiger partial charge in [0, 0.05) is 33.9 Å². The van der Waals surface area contributed by atoms with Crippen molar-refractivity contribution >= 4 is 5.96 Å². The lowest BCUT2D eigenvalue weighted by Crippen LogP contribution is -2.38. The average molecular weight is 339 g/mol. The van der Waals surface area contributed by atoms with Crippen LogP contribution in [0.15, 0.2) is 23.2 Å². The summed E-state index contributed by atoms with van der Waals surface area (Å²) < 4.78 is 23.4. The van der Waals surface area contributed by atoms with Crippen molar-refractivity contribution in [1.29, 1.82) is 0 Å². The van der Waals surface area contributed by atoms with E-state index in [-0.39, 0.29) is 5.82 Å². The smallest absolute Gasteiger partial charge is 0.190 e. The zero-order valence-electron chi connectivity index (χ0n) is 15.0. The second-order valence-electron chi connectivity index (χ2n) is 5.56. The van der Waals surface area contributed by atoms with Crippen LogP contribution in [0.4, 0.5) is 4.39 Å². The number of hydrogen-bond acceptors (Lipinski definition) is 3. The standard InChI is InChI=1S/C18H30FN3O2/c1-15-14-17(19)7-6-16(15)8-10-22-18(20-2)21-9-4-5-11-24-13-12-23-3/h6-7,14H,4-5,8-13H2,1-3H3,(H2,20,21,22). The fourth-order valence-electron chi connectivity index (χ4n) is 2.26. The van der Waals surface area contributed by atoms with Crippen LogP contribution in [0.25, 0.3) is 0 Å². The van der Waals surface area contributed by atoms with E-state index in [1.54, 1.807) is 20.2 Å². The minimum absolute atomic E-state index is 0.187. The molecule has 0 amide bonds. The molecule has 1 aromatic rings. The molecule has 136 valence electrons. The third kappa shape index (κ3) is 8.84. The third-order valence-corrected chi connectivity index (χ3v) is 3.65. The SMILES string of the molecule is CN=C(NCCCCOCCOC)NCCc1ccc(F)cc1C. The number of ether oxygens (including phenoxy) is 2. The fourth-order valence-corrected chi connectivity index (χ4v) is 2.26. The number of benzene rings is 1. The van der Waals surface area contributed by atoms with Crippen LogP contribution in [-0.4, -0.2) is 53.0 Å². The van der Waals surface area contributed by atoms with Gasteiger partial charge < -0.3 is 20.1 Å². The van der Waals surface area contributed by atoms with Gasteiger partial charge in [-0.25, -0.2) is 4.39 Å². The number of halogens is 1. The van der Waals surface area contributed by atoms with E-state index in [0.29, 0.717) is 13.2 Å². The van der Waals surface area contributed by atoms with E-state index in [0.717, 1.165) is 56.0 Å². The van der Waals surface area contributed by atoms with Crippen molar-refractivity contribution in [3.05, 3.63) is 35.1 Å². The van der Waals surface area contributed by atoms with E-state index in [4.69, 9.17) is 9.47 Å². The molecule has 0 bridgehead atoms. The average Bonchev–Trinajstić information content (AvgIpc) is 2.57. The maximum Gasteiger partial charge on any atom is 0.190 e. The molecular weight excluding hydrogens is 309 g/mol. The second kappa shape index (κ2) is 12.7. The Balaban J connectivity index is 2.12. The fraction of sp³-hybridized carbons (Fsp3) is 0.611. The summed E-state index contributed by atoms with van der Waals surface area (Å²) >= 11 is 0. The van der Waals surface area contributed by atoms with Gasteiger partial charge in [-0.05, 0) is 49.4 Å². The largest absolute Gasteiger partial charge is 0.382 e. The molecule has 0 aliphatic rings. The number of rotatable bonds is 11. The van der Waals surface area contributed by atoms with E-state index in [2.05, 4.69) is 15.6 Å². The number of nitrogens with one attached hydrogen (secondary N) is 2. The molecule has 0 saturated heterocycles. The summed E-state index contributed by atoms with van der Waals surface area (Å²) in [7, 11) is 3.43. The molecule has 0 unspecified atom stereocenters. The first-order chi connectivity index (χ1) is 11.7. The number of aryl methyl sites for hydroxylation is 1. The highest BCUT2D eigenvalue weighted by atomic mass is 19.1. The molecule has 0 saturated carbocycles. The van der Waals surface area contributed by atoms with Crippen molar-refractivity contribution in [2.75, 3.05) is 47.1 Å². The predicted molar refractivity (Wildman–Crippen MR) is 96.1 cm³/mol. The molecule has 1 rings (SSSR count). The molecular formula is C18H30FN3O2. The van der Waals surface area contributed by atoms with Gasteiger partial charge in [-0.2, -0.15) is 0 Å². The maximum absolute atomic E-state index is 13.1. The monoisotopic (exact) mass is 339 g/mol. The van der Waals surface area contributed by atoms with Gasteiger partial charge in [0.1, 0.15) is 5.82 Å². The highest BCUT2D eigenvalue weighted by Gasteiger charge is 2.01. The molecule has 6 heteroatoms. The summed E-state index contributed by atoms with van der Waals surface area (Å²) in [6.45, 7) is 5.58. The van der Waals surface area contributed by atoms with Crippen molar-refractivity contribution in [2.45, 2.75) is 26.2 Å². The summed E-state index contributed by atoms with van der Waals surface area (Å²) in [5, 5.41) is 6.56. The topological polar surface area (TPSA) is 54.9 Å². The van der Waals surface area contributed by atoms with Gasteiger partial charge in [-0.3, -0.25) is 4.99 Å². The van der Waals surface area contributed by atoms with Gasteiger partial charge in [0.2, 0.25) is 0 Å². The van der Waals surface area contributed by atoms with Crippen LogP contribution in [0, 0.1) is 12.7 Å². The number of nitrogens with zero attached hydrogens (tertiary/aromatic N) is 1. The van der Waals surface area contributed by atoms with Gasteiger partial charge in [0.25, 0.3) is 0 Å². The maximum atomic E-state index is 13.1. The van der Waals surface area contributed by atoms with Gasteiger partial charge in [-0.1, -0.05) is 6.07 Å². The quantitative estimate of drug-likeness (QED) is 0.369. The normalized spacial score (nSPS) is 11.6. The number of methoxy groups -OCH3 is 1. The highest BCUT2D eigenvalue weighted by molar-refractivity contribution is 5.79. The molecule has 2 N–H and O–H groups in total. The Morgan fingerprint density at radius 3 is 2.62 bits per heavy atom. The van der Waals surface area contributed by atoms with E-state index >= 15 is 0 Å². The summed E-state index contributed by atoms with van der Waals surface area (Å²) in [6, 6.07) is 4.91. The zero-order chi connectivity index (χ0) is 17.6. The van der Waals surface area contributed by atoms with Crippen LogP contribution in [0.3, 0.4) is 0 Å². The Morgan fingerprint density at radius 2 is 1.92 bits per heavy atom. The van der Waals surface area contributed by atoms with Crippen LogP contribution in [0.5, 0.6) is 0 Å². The summed E-state index contributed by atoms with van der Waals surface area (Å²) in [4.78, 5) is 4.20. The number of guanidine groups is 1. The van der Waals surface area contributed by atoms with Crippen LogP contribution < -0.4 is 10.6 Å². The summed E-state index contributed by atoms with van der Waals surface area (Å²) in [5.41, 5.74) is 2.13. The van der Waals surface area contributed by atoms with Gasteiger partial charge >= 0.3 is 0 Å². The molecule has 0 atom stereocenters. The Labute approximate surface area is 144 Å². The Morgan fingerprint density at radius 1 is 1.12 bits per heavy atom. The molecule has 0 aromatic heterocycles. The van der Waals surface area contributed by atoms with Crippen molar-refractivity contribution in [3.63, 3.8) is 0 Å². The summed E-state index contributed by atoms with van der Waals surface area (Å²) in [6.07, 6.45) is 2.85. The van der Waals surface area contributed by atoms with E-state index < -0.39 is 0 Å². The summed E-state index contributed by atoms with van der Waals surface area (Å²) in [5.74, 6) is 0.600. The molecule has 0 spiro atoms. The van der Waals surface area contributed by atoms with Crippen LogP contribution in [0.2, 0.25) is 0 Å². The predicted octanol–water partition coefficient (Wildman–Crippen LogP) is 2.28. The molecule has 0 aliphatic heterocycles. The first-order valence-corrected chi connectivity index (χ1v) is 8.43. The minimum atomic E-state index is -0.187. The van der Waals surface area contributed by atoms with E-state index in [1.165, 1.54) is 6.07 Å². The van der Waals surface area contributed by atoms with Crippen molar-refractivity contribution < 1.29 is 13.9 Å². The van der Waals surface area contributed by atoms with Crippen molar-refractivity contribution in [1.82, 2.24) is 10.6 Å². The molecule has 1 aromatic carbocycles. The second-order valence-corrected chi connectivity index (χ2v) is 5.56. The lowest BCUT2D eigenvalue weighted by Gasteiger charge is -2.12. The van der Waals surface area contributed by atoms with Crippen molar-refractivity contribution in [3.8, 4) is 0 Å². The van der Waals surface area contributed by atoms with Crippen LogP contribution in [0.1, 0.15) is 24.0 Å². The number of aliphatic imine (C=N–C) groups is 1. The lowest BCUT2D eigenvalue weighted by atomic mass is 10.1. The molecule has 0 radical (unpaired) electrons. The molecule has 5 nitrogen and oxygen atoms in total. The minimum Gasteiger partial charge on any atom is -0.382 e. The van der Waals surface area contributed by atoms with Crippen LogP contribution >= 0.6 is 0 Å². The van der Waals surface area contributed by atoms with Gasteiger partial charge in [-0.15, -0.1) is 0 Å². The van der Waals surface area contributed by atoms with Gasteiger partial charge in [0.05, 0.1) is 13.2 Å². The first-order valence-electron chi connectivity index (χ1n) is 8.43. The lowest BCUT2D eigenvalue weighted by molar-refractivity contribution is 0.0689. The number of hydrogen-bond donors (Lipinski definition) is 2. The number of unbranched alkanes of at least 4 members (excludes halogenated alkanes) is 1. The first kappa shape index (κ1) is 20.4. The van der Waals surface area contributed by atoms with E-state index in [9.17, 15) is 4.39 Å². The molecule has 24 heavy (non-hydrogen) atoms. The molecule has 0 aliphatic carbocycles. The highest BCUT2D eigenvalue weighted by Crippen LogP contribution is 2.10. The van der Waals surface area contributed by atoms with Gasteiger partial charge in [0.15, 0.2) is 5.96 Å². The zero-order valence-corrected chi connectivity index (χ0v) is 15.0. The van der Waals surface area contributed by atoms with E-state index in [1.807, 2.05) is 13.0 Å². The molecule has 0 fully saturated rings.